The fourth-order valence-electron chi connectivity index (χ4n) is 8.51. The third kappa shape index (κ3) is 11.2. The predicted octanol–water partition coefficient (Wildman–Crippen LogP) is -14.1. The molecule has 0 bridgehead atoms. The lowest BCUT2D eigenvalue weighted by molar-refractivity contribution is -0.396. The number of hydrogen-bond acceptors (Lipinski definition) is 31. The van der Waals surface area contributed by atoms with Gasteiger partial charge in [0.25, 0.3) is 0 Å². The van der Waals surface area contributed by atoms with Gasteiger partial charge in [-0.1, -0.05) is 0 Å². The molecule has 6 saturated heterocycles. The number of rotatable bonds is 16. The average molecular weight is 991 g/mol. The highest BCUT2D eigenvalue weighted by Gasteiger charge is 2.57. The maximum atomic E-state index is 11.2. The van der Waals surface area contributed by atoms with Crippen molar-refractivity contribution in [3.63, 3.8) is 0 Å². The van der Waals surface area contributed by atoms with Crippen molar-refractivity contribution in [2.75, 3.05) is 39.6 Å². The summed E-state index contributed by atoms with van der Waals surface area (Å²) in [5.74, 6) is 0. The molecule has 0 aromatic rings. The molecule has 31 nitrogen and oxygen atoms in total. The summed E-state index contributed by atoms with van der Waals surface area (Å²) in [7, 11) is 0. The van der Waals surface area contributed by atoms with Crippen molar-refractivity contribution in [3.8, 4) is 0 Å². The molecule has 6 aliphatic heterocycles. The normalized spacial score (nSPS) is 53.4. The molecule has 6 fully saturated rings. The minimum absolute atomic E-state index is 0.855. The van der Waals surface area contributed by atoms with Crippen LogP contribution in [0.25, 0.3) is 0 Å². The molecule has 1 unspecified atom stereocenters. The van der Waals surface area contributed by atoms with Gasteiger partial charge < -0.3 is 154 Å². The van der Waals surface area contributed by atoms with Crippen LogP contribution in [0.4, 0.5) is 0 Å². The van der Waals surface area contributed by atoms with Crippen LogP contribution >= 0.6 is 0 Å². The van der Waals surface area contributed by atoms with Gasteiger partial charge in [-0.05, 0) is 0 Å². The monoisotopic (exact) mass is 990 g/mol. The molecule has 0 spiro atoms. The summed E-state index contributed by atoms with van der Waals surface area (Å²) in [6.07, 6.45) is -56.9. The SMILES string of the molecule is OC[C@H]1O[C@@H](O[C@@H]2[C@@H](O)[C@H](O[C@H]3[C@H](O)[C@@H](O)[C@H](O[C@H]4[C@H](O)[C@@H](O)[C@H](O[C@H]5[C@H](O)[C@@H](O)[C@H](O[C@H]6[C@H](O)[C@@H](O)C(O)O[C@@H]6CO)O[C@@H]5CO)O[C@@H]4CO)O[C@@H]3CO)O[C@H](CO)[C@H]2O)[C@H](O)[C@@H](O)[C@@H]1O. The van der Waals surface area contributed by atoms with Crippen molar-refractivity contribution < 1.29 is 154 Å². The molecular weight excluding hydrogens is 928 g/mol. The molecule has 20 N–H and O–H groups in total. The lowest BCUT2D eigenvalue weighted by atomic mass is 9.95. The molecule has 0 aliphatic carbocycles. The van der Waals surface area contributed by atoms with Gasteiger partial charge in [-0.25, -0.2) is 0 Å². The Morgan fingerprint density at radius 3 is 0.821 bits per heavy atom. The first-order valence-electron chi connectivity index (χ1n) is 21.1. The van der Waals surface area contributed by atoms with Crippen LogP contribution in [-0.2, 0) is 52.1 Å². The maximum Gasteiger partial charge on any atom is 0.187 e. The molecule has 0 amide bonds. The van der Waals surface area contributed by atoms with Crippen molar-refractivity contribution in [2.45, 2.75) is 184 Å². The molecule has 0 aromatic heterocycles. The lowest BCUT2D eigenvalue weighted by Gasteiger charge is -2.49. The van der Waals surface area contributed by atoms with Crippen LogP contribution in [0.2, 0.25) is 0 Å². The minimum atomic E-state index is -2.19. The van der Waals surface area contributed by atoms with Crippen molar-refractivity contribution in [1.82, 2.24) is 0 Å². The molecule has 31 heteroatoms. The Morgan fingerprint density at radius 1 is 0.224 bits per heavy atom. The van der Waals surface area contributed by atoms with Crippen molar-refractivity contribution in [2.24, 2.45) is 0 Å². The zero-order valence-corrected chi connectivity index (χ0v) is 35.0. The van der Waals surface area contributed by atoms with E-state index in [0.717, 1.165) is 0 Å². The van der Waals surface area contributed by atoms with Gasteiger partial charge in [0, 0.05) is 0 Å². The molecule has 6 aliphatic rings. The Balaban J connectivity index is 1.09. The Labute approximate surface area is 378 Å². The largest absolute Gasteiger partial charge is 0.394 e. The van der Waals surface area contributed by atoms with Gasteiger partial charge in [0.2, 0.25) is 0 Å². The van der Waals surface area contributed by atoms with Crippen LogP contribution < -0.4 is 0 Å². The van der Waals surface area contributed by atoms with Crippen LogP contribution in [0.15, 0.2) is 0 Å². The van der Waals surface area contributed by atoms with Gasteiger partial charge in [0.05, 0.1) is 39.6 Å². The summed E-state index contributed by atoms with van der Waals surface area (Å²) in [6.45, 7) is -5.70. The van der Waals surface area contributed by atoms with Crippen LogP contribution in [0.1, 0.15) is 0 Å². The first kappa shape index (κ1) is 55.1. The van der Waals surface area contributed by atoms with E-state index >= 15 is 0 Å². The van der Waals surface area contributed by atoms with E-state index in [2.05, 4.69) is 0 Å². The van der Waals surface area contributed by atoms with Crippen LogP contribution in [-0.4, -0.2) is 326 Å². The molecule has 67 heavy (non-hydrogen) atoms. The summed E-state index contributed by atoms with van der Waals surface area (Å²) >= 11 is 0. The molecule has 392 valence electrons. The first-order valence-corrected chi connectivity index (χ1v) is 21.1. The molecule has 0 radical (unpaired) electrons. The summed E-state index contributed by atoms with van der Waals surface area (Å²) < 4.78 is 60.5. The Bertz CT molecular complexity index is 1500. The third-order valence-electron chi connectivity index (χ3n) is 12.4. The number of aliphatic hydroxyl groups is 20. The Kier molecular flexibility index (Phi) is 19.4. The van der Waals surface area contributed by atoms with E-state index in [4.69, 9.17) is 52.1 Å². The highest BCUT2D eigenvalue weighted by atomic mass is 16.8. The topological polar surface area (TPSA) is 506 Å². The molecule has 6 rings (SSSR count). The van der Waals surface area contributed by atoms with Crippen molar-refractivity contribution >= 4 is 0 Å². The highest BCUT2D eigenvalue weighted by Crippen LogP contribution is 2.36. The second-order valence-corrected chi connectivity index (χ2v) is 16.8. The standard InChI is InChI=1S/C36H62O31/c37-1-7-13(43)15(45)21(51)32(58-7)67-30-14(44)8(2-38)59-36(25(30)55)66-29-12(6-42)62-35(24(54)19(29)49)65-28-11(5-41)61-34(23(53)18(28)48)64-27-10(4-40)60-33(22(52)17(27)47)63-26-9(3-39)57-31(56)20(50)16(26)46/h7-56H,1-6H2/t7-,8-,9-,10-,11-,12-,13-,14-,15+,16-,17-,18-,19-,20-,21-,22-,23-,24-,25-,26-,27-,28-,29-,30+,31?,32+,33+,34+,35+,36+/m1/s1. The van der Waals surface area contributed by atoms with Gasteiger partial charge >= 0.3 is 0 Å². The molecule has 0 aromatic carbocycles. The second-order valence-electron chi connectivity index (χ2n) is 16.8. The fourth-order valence-corrected chi connectivity index (χ4v) is 8.51. The summed E-state index contributed by atoms with van der Waals surface area (Å²) in [4.78, 5) is 0. The van der Waals surface area contributed by atoms with E-state index in [1.54, 1.807) is 0 Å². The summed E-state index contributed by atoms with van der Waals surface area (Å²) in [5, 5.41) is 210. The van der Waals surface area contributed by atoms with Crippen LogP contribution in [0.5, 0.6) is 0 Å². The maximum absolute atomic E-state index is 11.2. The smallest absolute Gasteiger partial charge is 0.187 e. The molecule has 30 atom stereocenters. The van der Waals surface area contributed by atoms with Crippen LogP contribution in [0, 0.1) is 0 Å². The van der Waals surface area contributed by atoms with E-state index in [9.17, 15) is 102 Å². The predicted molar refractivity (Wildman–Crippen MR) is 199 cm³/mol. The Morgan fingerprint density at radius 2 is 0.478 bits per heavy atom. The molecule has 0 saturated carbocycles. The number of ether oxygens (including phenoxy) is 11. The highest BCUT2D eigenvalue weighted by molar-refractivity contribution is 5.00. The minimum Gasteiger partial charge on any atom is -0.394 e. The first-order chi connectivity index (χ1) is 31.8. The van der Waals surface area contributed by atoms with Gasteiger partial charge in [-0.2, -0.15) is 0 Å². The second kappa shape index (κ2) is 23.5. The van der Waals surface area contributed by atoms with Crippen molar-refractivity contribution in [3.05, 3.63) is 0 Å². The lowest BCUT2D eigenvalue weighted by Crippen LogP contribution is -2.68. The molecule has 6 heterocycles. The summed E-state index contributed by atoms with van der Waals surface area (Å²) in [5.41, 5.74) is 0. The zero-order chi connectivity index (χ0) is 49.3. The number of aliphatic hydroxyl groups excluding tert-OH is 20. The quantitative estimate of drug-likeness (QED) is 0.0683. The molecular formula is C36H62O31. The number of hydrogen-bond donors (Lipinski definition) is 20. The third-order valence-corrected chi connectivity index (χ3v) is 12.4. The van der Waals surface area contributed by atoms with Crippen molar-refractivity contribution in [1.29, 1.82) is 0 Å². The fraction of sp³-hybridized carbons (Fsp3) is 1.00. The van der Waals surface area contributed by atoms with E-state index in [-0.39, 0.29) is 0 Å². The zero-order valence-electron chi connectivity index (χ0n) is 35.0. The van der Waals surface area contributed by atoms with E-state index < -0.39 is 224 Å². The van der Waals surface area contributed by atoms with E-state index in [1.807, 2.05) is 0 Å². The average Bonchev–Trinajstić information content (AvgIpc) is 3.32. The van der Waals surface area contributed by atoms with Crippen LogP contribution in [0.3, 0.4) is 0 Å². The van der Waals surface area contributed by atoms with E-state index in [0.29, 0.717) is 0 Å². The Hall–Kier alpha value is -1.24. The van der Waals surface area contributed by atoms with Gasteiger partial charge in [-0.15, -0.1) is 0 Å². The van der Waals surface area contributed by atoms with E-state index in [1.165, 1.54) is 0 Å². The van der Waals surface area contributed by atoms with Gasteiger partial charge in [0.15, 0.2) is 37.7 Å². The summed E-state index contributed by atoms with van der Waals surface area (Å²) in [6, 6.07) is 0. The van der Waals surface area contributed by atoms with Gasteiger partial charge in [0.1, 0.15) is 146 Å². The van der Waals surface area contributed by atoms with Gasteiger partial charge in [-0.3, -0.25) is 0 Å².